The molecule has 1 atom stereocenters. The molecule has 0 aromatic carbocycles. The predicted molar refractivity (Wildman–Crippen MR) is 64.4 cm³/mol. The highest BCUT2D eigenvalue weighted by molar-refractivity contribution is 5.14. The van der Waals surface area contributed by atoms with Gasteiger partial charge in [-0.05, 0) is 19.9 Å². The lowest BCUT2D eigenvalue weighted by Gasteiger charge is -2.16. The molecular weight excluding hydrogens is 216 g/mol. The van der Waals surface area contributed by atoms with Gasteiger partial charge in [0.2, 0.25) is 0 Å². The summed E-state index contributed by atoms with van der Waals surface area (Å²) in [5.74, 6) is 0.981. The SMILES string of the molecule is CCCNC(c1cn[nH]n1)c1nccn1CC. The standard InChI is InChI=1S/C11H18N6/c1-3-5-12-10(9-8-14-16-15-9)11-13-6-7-17(11)4-2/h6-8,10,12H,3-5H2,1-2H3,(H,14,15,16). The van der Waals surface area contributed by atoms with Crippen LogP contribution in [0, 0.1) is 0 Å². The van der Waals surface area contributed by atoms with E-state index in [-0.39, 0.29) is 6.04 Å². The van der Waals surface area contributed by atoms with E-state index >= 15 is 0 Å². The molecule has 0 aliphatic rings. The predicted octanol–water partition coefficient (Wildman–Crippen LogP) is 1.11. The average molecular weight is 234 g/mol. The van der Waals surface area contributed by atoms with Crippen molar-refractivity contribution in [2.75, 3.05) is 6.54 Å². The number of rotatable bonds is 6. The van der Waals surface area contributed by atoms with Crippen LogP contribution in [0.1, 0.15) is 37.8 Å². The molecule has 0 bridgehead atoms. The molecule has 0 radical (unpaired) electrons. The van der Waals surface area contributed by atoms with Crippen LogP contribution in [0.5, 0.6) is 0 Å². The van der Waals surface area contributed by atoms with Crippen LogP contribution in [0.3, 0.4) is 0 Å². The van der Waals surface area contributed by atoms with Gasteiger partial charge in [-0.15, -0.1) is 0 Å². The molecule has 0 aliphatic carbocycles. The first-order valence-electron chi connectivity index (χ1n) is 5.96. The number of aryl methyl sites for hydroxylation is 1. The molecule has 2 heterocycles. The Kier molecular flexibility index (Phi) is 3.87. The molecular formula is C11H18N6. The smallest absolute Gasteiger partial charge is 0.132 e. The lowest BCUT2D eigenvalue weighted by Crippen LogP contribution is -2.26. The first kappa shape index (κ1) is 11.8. The molecule has 17 heavy (non-hydrogen) atoms. The second kappa shape index (κ2) is 5.58. The fourth-order valence-corrected chi connectivity index (χ4v) is 1.81. The maximum atomic E-state index is 4.42. The van der Waals surface area contributed by atoms with Gasteiger partial charge in [0, 0.05) is 18.9 Å². The summed E-state index contributed by atoms with van der Waals surface area (Å²) in [6.45, 7) is 6.07. The number of hydrogen-bond donors (Lipinski definition) is 2. The molecule has 2 rings (SSSR count). The van der Waals surface area contributed by atoms with E-state index in [1.165, 1.54) is 0 Å². The number of aromatic nitrogens is 5. The summed E-state index contributed by atoms with van der Waals surface area (Å²) in [6, 6.07) is 0.00338. The Balaban J connectivity index is 2.27. The molecule has 0 saturated heterocycles. The topological polar surface area (TPSA) is 71.4 Å². The van der Waals surface area contributed by atoms with E-state index in [0.29, 0.717) is 0 Å². The highest BCUT2D eigenvalue weighted by atomic mass is 15.3. The largest absolute Gasteiger partial charge is 0.334 e. The number of H-pyrrole nitrogens is 1. The van der Waals surface area contributed by atoms with E-state index in [1.54, 1.807) is 6.20 Å². The molecule has 0 saturated carbocycles. The molecule has 6 nitrogen and oxygen atoms in total. The first-order chi connectivity index (χ1) is 8.36. The van der Waals surface area contributed by atoms with Gasteiger partial charge in [0.15, 0.2) is 0 Å². The molecule has 6 heteroatoms. The number of nitrogens with one attached hydrogen (secondary N) is 2. The van der Waals surface area contributed by atoms with Crippen LogP contribution in [0.25, 0.3) is 0 Å². The molecule has 0 aliphatic heterocycles. The van der Waals surface area contributed by atoms with Gasteiger partial charge in [-0.1, -0.05) is 6.92 Å². The summed E-state index contributed by atoms with van der Waals surface area (Å²) >= 11 is 0. The van der Waals surface area contributed by atoms with Crippen molar-refractivity contribution in [3.8, 4) is 0 Å². The Morgan fingerprint density at radius 2 is 2.35 bits per heavy atom. The fraction of sp³-hybridized carbons (Fsp3) is 0.545. The van der Waals surface area contributed by atoms with E-state index in [9.17, 15) is 0 Å². The van der Waals surface area contributed by atoms with Crippen molar-refractivity contribution in [2.24, 2.45) is 0 Å². The van der Waals surface area contributed by atoms with Crippen LogP contribution in [0.2, 0.25) is 0 Å². The zero-order valence-corrected chi connectivity index (χ0v) is 10.2. The summed E-state index contributed by atoms with van der Waals surface area (Å²) in [5.41, 5.74) is 0.874. The lowest BCUT2D eigenvalue weighted by atomic mass is 10.2. The van der Waals surface area contributed by atoms with E-state index < -0.39 is 0 Å². The van der Waals surface area contributed by atoms with Crippen molar-refractivity contribution in [3.63, 3.8) is 0 Å². The summed E-state index contributed by atoms with van der Waals surface area (Å²) in [4.78, 5) is 4.42. The van der Waals surface area contributed by atoms with Crippen LogP contribution in [0.15, 0.2) is 18.6 Å². The number of imidazole rings is 1. The zero-order valence-electron chi connectivity index (χ0n) is 10.2. The van der Waals surface area contributed by atoms with Crippen molar-refractivity contribution in [1.29, 1.82) is 0 Å². The highest BCUT2D eigenvalue weighted by Crippen LogP contribution is 2.17. The molecule has 0 spiro atoms. The second-order valence-corrected chi connectivity index (χ2v) is 3.85. The van der Waals surface area contributed by atoms with Crippen LogP contribution in [-0.4, -0.2) is 31.5 Å². The van der Waals surface area contributed by atoms with Crippen LogP contribution < -0.4 is 5.32 Å². The summed E-state index contributed by atoms with van der Waals surface area (Å²) < 4.78 is 2.11. The van der Waals surface area contributed by atoms with Crippen molar-refractivity contribution in [2.45, 2.75) is 32.9 Å². The van der Waals surface area contributed by atoms with Crippen LogP contribution >= 0.6 is 0 Å². The Bertz CT molecular complexity index is 433. The molecule has 2 N–H and O–H groups in total. The van der Waals surface area contributed by atoms with Crippen molar-refractivity contribution < 1.29 is 0 Å². The Morgan fingerprint density at radius 1 is 1.47 bits per heavy atom. The highest BCUT2D eigenvalue weighted by Gasteiger charge is 2.20. The van der Waals surface area contributed by atoms with Gasteiger partial charge in [-0.2, -0.15) is 15.4 Å². The summed E-state index contributed by atoms with van der Waals surface area (Å²) in [7, 11) is 0. The molecule has 0 amide bonds. The molecule has 2 aromatic heterocycles. The summed E-state index contributed by atoms with van der Waals surface area (Å²) in [5, 5.41) is 14.1. The molecule has 0 fully saturated rings. The summed E-state index contributed by atoms with van der Waals surface area (Å²) in [6.07, 6.45) is 6.61. The maximum absolute atomic E-state index is 4.42. The number of aromatic amines is 1. The van der Waals surface area contributed by atoms with Crippen molar-refractivity contribution in [3.05, 3.63) is 30.1 Å². The van der Waals surface area contributed by atoms with Gasteiger partial charge in [0.05, 0.1) is 6.20 Å². The minimum Gasteiger partial charge on any atom is -0.334 e. The minimum absolute atomic E-state index is 0.00338. The maximum Gasteiger partial charge on any atom is 0.132 e. The molecule has 92 valence electrons. The monoisotopic (exact) mass is 234 g/mol. The van der Waals surface area contributed by atoms with Crippen LogP contribution in [-0.2, 0) is 6.54 Å². The fourth-order valence-electron chi connectivity index (χ4n) is 1.81. The average Bonchev–Trinajstić information content (AvgIpc) is 3.00. The molecule has 2 aromatic rings. The molecule has 1 unspecified atom stereocenters. The van der Waals surface area contributed by atoms with Gasteiger partial charge < -0.3 is 9.88 Å². The minimum atomic E-state index is 0.00338. The normalized spacial score (nSPS) is 12.8. The Morgan fingerprint density at radius 3 is 3.00 bits per heavy atom. The third-order valence-corrected chi connectivity index (χ3v) is 2.67. The van der Waals surface area contributed by atoms with Crippen LogP contribution in [0.4, 0.5) is 0 Å². The van der Waals surface area contributed by atoms with E-state index in [0.717, 1.165) is 31.0 Å². The Hall–Kier alpha value is -1.69. The van der Waals surface area contributed by atoms with Crippen molar-refractivity contribution in [1.82, 2.24) is 30.3 Å². The third-order valence-electron chi connectivity index (χ3n) is 2.67. The van der Waals surface area contributed by atoms with Gasteiger partial charge >= 0.3 is 0 Å². The van der Waals surface area contributed by atoms with E-state index in [4.69, 9.17) is 0 Å². The van der Waals surface area contributed by atoms with E-state index in [2.05, 4.69) is 44.1 Å². The number of hydrogen-bond acceptors (Lipinski definition) is 4. The zero-order chi connectivity index (χ0) is 12.1. The second-order valence-electron chi connectivity index (χ2n) is 3.85. The number of nitrogens with zero attached hydrogens (tertiary/aromatic N) is 4. The van der Waals surface area contributed by atoms with Gasteiger partial charge in [0.25, 0.3) is 0 Å². The van der Waals surface area contributed by atoms with Gasteiger partial charge in [-0.3, -0.25) is 0 Å². The lowest BCUT2D eigenvalue weighted by molar-refractivity contribution is 0.531. The first-order valence-corrected chi connectivity index (χ1v) is 5.96. The van der Waals surface area contributed by atoms with Gasteiger partial charge in [0.1, 0.15) is 17.6 Å². The van der Waals surface area contributed by atoms with E-state index in [1.807, 2.05) is 12.4 Å². The quantitative estimate of drug-likeness (QED) is 0.785. The third kappa shape index (κ3) is 2.52. The van der Waals surface area contributed by atoms with Crippen molar-refractivity contribution >= 4 is 0 Å². The Labute approximate surface area is 100 Å². The van der Waals surface area contributed by atoms with Gasteiger partial charge in [-0.25, -0.2) is 4.98 Å².